The molecule has 0 aromatic heterocycles. The lowest BCUT2D eigenvalue weighted by Crippen LogP contribution is -2.42. The van der Waals surface area contributed by atoms with Gasteiger partial charge in [0.05, 0.1) is 12.6 Å². The molecule has 6 nitrogen and oxygen atoms in total. The van der Waals surface area contributed by atoms with Crippen LogP contribution < -0.4 is 11.1 Å². The predicted molar refractivity (Wildman–Crippen MR) is 59.5 cm³/mol. The molecule has 17 heavy (non-hydrogen) atoms. The highest BCUT2D eigenvalue weighted by Gasteiger charge is 2.50. The molecule has 1 heterocycles. The number of amides is 2. The number of carbonyl (C=O) groups excluding carboxylic acids is 2. The molecule has 0 aromatic rings. The van der Waals surface area contributed by atoms with Gasteiger partial charge in [0.15, 0.2) is 0 Å². The quantitative estimate of drug-likeness (QED) is 0.654. The van der Waals surface area contributed by atoms with Crippen molar-refractivity contribution in [3.05, 3.63) is 0 Å². The molecule has 3 N–H and O–H groups in total. The van der Waals surface area contributed by atoms with Crippen LogP contribution in [0.4, 0.5) is 0 Å². The van der Waals surface area contributed by atoms with E-state index < -0.39 is 5.41 Å². The van der Waals surface area contributed by atoms with Crippen LogP contribution in [0, 0.1) is 16.7 Å². The van der Waals surface area contributed by atoms with Crippen molar-refractivity contribution in [3.63, 3.8) is 0 Å². The summed E-state index contributed by atoms with van der Waals surface area (Å²) in [6, 6.07) is 2.04. The fraction of sp³-hybridized carbons (Fsp3) is 0.727. The third-order valence-electron chi connectivity index (χ3n) is 3.38. The summed E-state index contributed by atoms with van der Waals surface area (Å²) in [5.74, 6) is -0.447. The van der Waals surface area contributed by atoms with Gasteiger partial charge in [0.1, 0.15) is 5.41 Å². The van der Waals surface area contributed by atoms with Crippen molar-refractivity contribution in [2.45, 2.75) is 25.3 Å². The second kappa shape index (κ2) is 4.34. The smallest absolute Gasteiger partial charge is 0.242 e. The van der Waals surface area contributed by atoms with Gasteiger partial charge in [-0.05, 0) is 19.3 Å². The van der Waals surface area contributed by atoms with E-state index in [4.69, 9.17) is 11.0 Å². The summed E-state index contributed by atoms with van der Waals surface area (Å²) in [4.78, 5) is 25.0. The molecule has 0 bridgehead atoms. The largest absolute Gasteiger partial charge is 0.346 e. The standard InChI is InChI=1S/C11H16N4O2/c12-7-11(2-3-11)10(17)14-5-9(16)15-4-1-8(13)6-15/h8H,1-6,13H2,(H,14,17). The molecule has 1 unspecified atom stereocenters. The summed E-state index contributed by atoms with van der Waals surface area (Å²) in [5, 5.41) is 11.4. The number of hydrogen-bond donors (Lipinski definition) is 2. The number of rotatable bonds is 3. The van der Waals surface area contributed by atoms with Crippen LogP contribution in [0.1, 0.15) is 19.3 Å². The molecule has 1 saturated heterocycles. The monoisotopic (exact) mass is 236 g/mol. The molecule has 1 saturated carbocycles. The van der Waals surface area contributed by atoms with Gasteiger partial charge in [-0.15, -0.1) is 0 Å². The zero-order valence-electron chi connectivity index (χ0n) is 9.61. The van der Waals surface area contributed by atoms with Gasteiger partial charge in [-0.1, -0.05) is 0 Å². The lowest BCUT2D eigenvalue weighted by Gasteiger charge is -2.16. The molecular weight excluding hydrogens is 220 g/mol. The molecule has 1 aliphatic carbocycles. The third kappa shape index (κ3) is 2.39. The summed E-state index contributed by atoms with van der Waals surface area (Å²) in [7, 11) is 0. The van der Waals surface area contributed by atoms with Gasteiger partial charge in [-0.3, -0.25) is 9.59 Å². The molecule has 2 aliphatic rings. The van der Waals surface area contributed by atoms with Crippen LogP contribution in [-0.4, -0.2) is 42.4 Å². The fourth-order valence-corrected chi connectivity index (χ4v) is 1.97. The Kier molecular flexibility index (Phi) is 3.03. The average molecular weight is 236 g/mol. The lowest BCUT2D eigenvalue weighted by atomic mass is 10.1. The molecule has 92 valence electrons. The minimum atomic E-state index is -0.859. The molecule has 2 fully saturated rings. The number of carbonyl (C=O) groups is 2. The first-order valence-electron chi connectivity index (χ1n) is 5.80. The third-order valence-corrected chi connectivity index (χ3v) is 3.38. The Hall–Kier alpha value is -1.61. The highest BCUT2D eigenvalue weighted by atomic mass is 16.2. The van der Waals surface area contributed by atoms with E-state index in [0.717, 1.165) is 6.42 Å². The van der Waals surface area contributed by atoms with Crippen LogP contribution in [0.5, 0.6) is 0 Å². The van der Waals surface area contributed by atoms with Crippen molar-refractivity contribution < 1.29 is 9.59 Å². The zero-order chi connectivity index (χ0) is 12.5. The number of hydrogen-bond acceptors (Lipinski definition) is 4. The van der Waals surface area contributed by atoms with Gasteiger partial charge < -0.3 is 16.0 Å². The van der Waals surface area contributed by atoms with Crippen LogP contribution >= 0.6 is 0 Å². The molecule has 2 amide bonds. The van der Waals surface area contributed by atoms with Gasteiger partial charge in [-0.25, -0.2) is 0 Å². The van der Waals surface area contributed by atoms with Gasteiger partial charge in [-0.2, -0.15) is 5.26 Å². The first-order chi connectivity index (χ1) is 8.07. The molecule has 0 radical (unpaired) electrons. The molecule has 0 spiro atoms. The van der Waals surface area contributed by atoms with Crippen molar-refractivity contribution in [3.8, 4) is 6.07 Å². The van der Waals surface area contributed by atoms with Crippen molar-refractivity contribution in [2.75, 3.05) is 19.6 Å². The summed E-state index contributed by atoms with van der Waals surface area (Å²) >= 11 is 0. The summed E-state index contributed by atoms with van der Waals surface area (Å²) in [6.07, 6.45) is 2.00. The van der Waals surface area contributed by atoms with Crippen LogP contribution in [0.2, 0.25) is 0 Å². The number of nitrogens with two attached hydrogens (primary N) is 1. The van der Waals surface area contributed by atoms with E-state index in [-0.39, 0.29) is 24.4 Å². The molecule has 6 heteroatoms. The average Bonchev–Trinajstić information content (AvgIpc) is 3.02. The van der Waals surface area contributed by atoms with Crippen LogP contribution in [0.3, 0.4) is 0 Å². The normalized spacial score (nSPS) is 25.2. The summed E-state index contributed by atoms with van der Waals surface area (Å²) in [5.41, 5.74) is 4.84. The minimum Gasteiger partial charge on any atom is -0.346 e. The highest BCUT2D eigenvalue weighted by Crippen LogP contribution is 2.44. The van der Waals surface area contributed by atoms with Crippen LogP contribution in [-0.2, 0) is 9.59 Å². The van der Waals surface area contributed by atoms with Crippen LogP contribution in [0.15, 0.2) is 0 Å². The maximum atomic E-state index is 11.7. The number of nitrogens with zero attached hydrogens (tertiary/aromatic N) is 2. The Morgan fingerprint density at radius 3 is 2.71 bits per heavy atom. The number of likely N-dealkylation sites (tertiary alicyclic amines) is 1. The fourth-order valence-electron chi connectivity index (χ4n) is 1.97. The first-order valence-corrected chi connectivity index (χ1v) is 5.80. The van der Waals surface area contributed by atoms with Crippen molar-refractivity contribution >= 4 is 11.8 Å². The minimum absolute atomic E-state index is 0.0328. The molecular formula is C11H16N4O2. The molecule has 2 rings (SSSR count). The molecule has 1 aliphatic heterocycles. The van der Waals surface area contributed by atoms with E-state index in [1.54, 1.807) is 4.90 Å². The zero-order valence-corrected chi connectivity index (χ0v) is 9.61. The Balaban J connectivity index is 1.77. The molecule has 1 atom stereocenters. The Morgan fingerprint density at radius 2 is 2.24 bits per heavy atom. The number of nitrogens with one attached hydrogen (secondary N) is 1. The molecule has 0 aromatic carbocycles. The van der Waals surface area contributed by atoms with E-state index in [2.05, 4.69) is 5.32 Å². The summed E-state index contributed by atoms with van der Waals surface area (Å²) < 4.78 is 0. The van der Waals surface area contributed by atoms with Gasteiger partial charge in [0.2, 0.25) is 11.8 Å². The van der Waals surface area contributed by atoms with Crippen molar-refractivity contribution in [1.82, 2.24) is 10.2 Å². The second-order valence-electron chi connectivity index (χ2n) is 4.77. The highest BCUT2D eigenvalue weighted by molar-refractivity contribution is 5.91. The van der Waals surface area contributed by atoms with E-state index >= 15 is 0 Å². The predicted octanol–water partition coefficient (Wildman–Crippen LogP) is -1.03. The lowest BCUT2D eigenvalue weighted by molar-refractivity contribution is -0.133. The van der Waals surface area contributed by atoms with Gasteiger partial charge in [0, 0.05) is 19.1 Å². The van der Waals surface area contributed by atoms with Gasteiger partial charge >= 0.3 is 0 Å². The van der Waals surface area contributed by atoms with Crippen LogP contribution in [0.25, 0.3) is 0 Å². The van der Waals surface area contributed by atoms with E-state index in [1.807, 2.05) is 6.07 Å². The second-order valence-corrected chi connectivity index (χ2v) is 4.77. The topological polar surface area (TPSA) is 99.2 Å². The first kappa shape index (κ1) is 11.9. The van der Waals surface area contributed by atoms with E-state index in [0.29, 0.717) is 25.9 Å². The van der Waals surface area contributed by atoms with Gasteiger partial charge in [0.25, 0.3) is 0 Å². The van der Waals surface area contributed by atoms with E-state index in [9.17, 15) is 9.59 Å². The Bertz CT molecular complexity index is 383. The van der Waals surface area contributed by atoms with E-state index in [1.165, 1.54) is 0 Å². The summed E-state index contributed by atoms with van der Waals surface area (Å²) in [6.45, 7) is 1.17. The maximum absolute atomic E-state index is 11.7. The number of nitriles is 1. The maximum Gasteiger partial charge on any atom is 0.242 e. The SMILES string of the molecule is N#CC1(C(=O)NCC(=O)N2CCC(N)C2)CC1. The van der Waals surface area contributed by atoms with Crippen molar-refractivity contribution in [2.24, 2.45) is 11.1 Å². The Morgan fingerprint density at radius 1 is 1.53 bits per heavy atom. The Labute approximate surface area is 99.7 Å². The van der Waals surface area contributed by atoms with Crippen molar-refractivity contribution in [1.29, 1.82) is 5.26 Å².